The molecule has 0 saturated carbocycles. The lowest BCUT2D eigenvalue weighted by Gasteiger charge is -2.14. The van der Waals surface area contributed by atoms with Crippen LogP contribution in [0.4, 0.5) is 0 Å². The Labute approximate surface area is 133 Å². The summed E-state index contributed by atoms with van der Waals surface area (Å²) in [7, 11) is 0. The molecule has 0 heterocycles. The fourth-order valence-electron chi connectivity index (χ4n) is 1.99. The summed E-state index contributed by atoms with van der Waals surface area (Å²) in [6.45, 7) is 0.927. The highest BCUT2D eigenvalue weighted by molar-refractivity contribution is 6.35. The van der Waals surface area contributed by atoms with Gasteiger partial charge in [0, 0.05) is 28.7 Å². The third-order valence-electron chi connectivity index (χ3n) is 3.04. The maximum atomic E-state index is 10.1. The Bertz CT molecular complexity index is 668. The number of nitrogens with one attached hydrogen (secondary N) is 1. The predicted octanol–water partition coefficient (Wildman–Crippen LogP) is 3.69. The highest BCUT2D eigenvalue weighted by Crippen LogP contribution is 2.25. The van der Waals surface area contributed by atoms with Crippen molar-refractivity contribution in [2.75, 3.05) is 6.54 Å². The second-order valence-electron chi connectivity index (χ2n) is 4.62. The van der Waals surface area contributed by atoms with Crippen molar-refractivity contribution in [1.82, 2.24) is 5.32 Å². The van der Waals surface area contributed by atoms with Crippen molar-refractivity contribution in [3.63, 3.8) is 0 Å². The van der Waals surface area contributed by atoms with Gasteiger partial charge in [-0.1, -0.05) is 41.4 Å². The molecule has 0 aliphatic heterocycles. The summed E-state index contributed by atoms with van der Waals surface area (Å²) in [5, 5.41) is 23.1. The van der Waals surface area contributed by atoms with Gasteiger partial charge in [0.2, 0.25) is 0 Å². The molecule has 0 bridgehead atoms. The molecule has 0 aliphatic rings. The molecular weight excluding hydrogens is 307 g/mol. The highest BCUT2D eigenvalue weighted by Gasteiger charge is 2.11. The van der Waals surface area contributed by atoms with Gasteiger partial charge >= 0.3 is 0 Å². The molecular formula is C16H14Cl2N2O. The Kier molecular flexibility index (Phi) is 5.60. The third-order valence-corrected chi connectivity index (χ3v) is 3.61. The van der Waals surface area contributed by atoms with Gasteiger partial charge in [-0.05, 0) is 29.8 Å². The molecule has 0 saturated heterocycles. The number of rotatable bonds is 5. The average molecular weight is 321 g/mol. The molecule has 0 spiro atoms. The number of hydrogen-bond acceptors (Lipinski definition) is 3. The van der Waals surface area contributed by atoms with E-state index in [9.17, 15) is 5.11 Å². The fourth-order valence-corrected chi connectivity index (χ4v) is 2.52. The molecule has 0 amide bonds. The van der Waals surface area contributed by atoms with E-state index in [2.05, 4.69) is 11.4 Å². The number of hydrogen-bond donors (Lipinski definition) is 2. The van der Waals surface area contributed by atoms with E-state index in [1.165, 1.54) is 0 Å². The molecule has 2 rings (SSSR count). The standard InChI is InChI=1S/C16H14Cl2N2O/c17-13-4-5-14(15(18)7-13)16(21)10-20-9-12-3-1-2-11(6-12)8-19/h1-7,16,20-21H,9-10H2. The van der Waals surface area contributed by atoms with Crippen LogP contribution < -0.4 is 5.32 Å². The molecule has 3 nitrogen and oxygen atoms in total. The third kappa shape index (κ3) is 4.45. The molecule has 0 radical (unpaired) electrons. The summed E-state index contributed by atoms with van der Waals surface area (Å²) in [4.78, 5) is 0. The van der Waals surface area contributed by atoms with E-state index in [1.54, 1.807) is 24.3 Å². The minimum atomic E-state index is -0.714. The van der Waals surface area contributed by atoms with E-state index in [-0.39, 0.29) is 0 Å². The Morgan fingerprint density at radius 3 is 2.71 bits per heavy atom. The summed E-state index contributed by atoms with van der Waals surface area (Å²) >= 11 is 11.9. The number of nitrogens with zero attached hydrogens (tertiary/aromatic N) is 1. The van der Waals surface area contributed by atoms with Crippen LogP contribution in [0.15, 0.2) is 42.5 Å². The summed E-state index contributed by atoms with van der Waals surface area (Å²) in [6.07, 6.45) is -0.714. The van der Waals surface area contributed by atoms with Crippen molar-refractivity contribution in [2.45, 2.75) is 12.6 Å². The van der Waals surface area contributed by atoms with Crippen LogP contribution in [0, 0.1) is 11.3 Å². The van der Waals surface area contributed by atoms with E-state index in [4.69, 9.17) is 28.5 Å². The Balaban J connectivity index is 1.92. The van der Waals surface area contributed by atoms with Gasteiger partial charge in [0.25, 0.3) is 0 Å². The summed E-state index contributed by atoms with van der Waals surface area (Å²) in [6, 6.07) is 14.5. The monoisotopic (exact) mass is 320 g/mol. The molecule has 2 aromatic carbocycles. The van der Waals surface area contributed by atoms with Gasteiger partial charge in [0.15, 0.2) is 0 Å². The van der Waals surface area contributed by atoms with Gasteiger partial charge in [-0.15, -0.1) is 0 Å². The quantitative estimate of drug-likeness (QED) is 0.883. The van der Waals surface area contributed by atoms with Crippen molar-refractivity contribution in [3.05, 3.63) is 69.2 Å². The smallest absolute Gasteiger partial charge is 0.0991 e. The lowest BCUT2D eigenvalue weighted by Crippen LogP contribution is -2.21. The minimum Gasteiger partial charge on any atom is -0.387 e. The van der Waals surface area contributed by atoms with Crippen molar-refractivity contribution in [1.29, 1.82) is 5.26 Å². The van der Waals surface area contributed by atoms with E-state index in [1.807, 2.05) is 18.2 Å². The van der Waals surface area contributed by atoms with Crippen molar-refractivity contribution >= 4 is 23.2 Å². The zero-order chi connectivity index (χ0) is 15.2. The van der Waals surface area contributed by atoms with Gasteiger partial charge < -0.3 is 10.4 Å². The summed E-state index contributed by atoms with van der Waals surface area (Å²) < 4.78 is 0. The fraction of sp³-hybridized carbons (Fsp3) is 0.188. The van der Waals surface area contributed by atoms with Gasteiger partial charge in [0.1, 0.15) is 0 Å². The average Bonchev–Trinajstić information content (AvgIpc) is 2.47. The maximum Gasteiger partial charge on any atom is 0.0991 e. The Morgan fingerprint density at radius 1 is 1.19 bits per heavy atom. The molecule has 1 unspecified atom stereocenters. The molecule has 0 aliphatic carbocycles. The van der Waals surface area contributed by atoms with Gasteiger partial charge in [-0.2, -0.15) is 5.26 Å². The van der Waals surface area contributed by atoms with Crippen molar-refractivity contribution in [3.8, 4) is 6.07 Å². The Hall–Kier alpha value is -1.57. The molecule has 0 aromatic heterocycles. The normalized spacial score (nSPS) is 11.9. The SMILES string of the molecule is N#Cc1cccc(CNCC(O)c2ccc(Cl)cc2Cl)c1. The molecule has 1 atom stereocenters. The minimum absolute atomic E-state index is 0.359. The van der Waals surface area contributed by atoms with E-state index >= 15 is 0 Å². The first kappa shape index (κ1) is 15.8. The number of halogens is 2. The summed E-state index contributed by atoms with van der Waals surface area (Å²) in [5.41, 5.74) is 2.25. The zero-order valence-corrected chi connectivity index (χ0v) is 12.7. The van der Waals surface area contributed by atoms with Gasteiger partial charge in [-0.3, -0.25) is 0 Å². The van der Waals surface area contributed by atoms with E-state index in [0.29, 0.717) is 34.3 Å². The molecule has 21 heavy (non-hydrogen) atoms. The Morgan fingerprint density at radius 2 is 2.00 bits per heavy atom. The van der Waals surface area contributed by atoms with Crippen molar-refractivity contribution < 1.29 is 5.11 Å². The zero-order valence-electron chi connectivity index (χ0n) is 11.2. The molecule has 2 aromatic rings. The van der Waals surface area contributed by atoms with Crippen LogP contribution in [-0.4, -0.2) is 11.7 Å². The van der Waals surface area contributed by atoms with Crippen LogP contribution in [0.25, 0.3) is 0 Å². The number of aliphatic hydroxyl groups excluding tert-OH is 1. The first-order valence-electron chi connectivity index (χ1n) is 6.43. The van der Waals surface area contributed by atoms with Crippen LogP contribution in [0.1, 0.15) is 22.8 Å². The first-order valence-corrected chi connectivity index (χ1v) is 7.18. The van der Waals surface area contributed by atoms with Crippen LogP contribution >= 0.6 is 23.2 Å². The van der Waals surface area contributed by atoms with Gasteiger partial charge in [-0.25, -0.2) is 0 Å². The number of aliphatic hydroxyl groups is 1. The predicted molar refractivity (Wildman–Crippen MR) is 84.3 cm³/mol. The molecule has 0 fully saturated rings. The second-order valence-corrected chi connectivity index (χ2v) is 5.47. The molecule has 108 valence electrons. The highest BCUT2D eigenvalue weighted by atomic mass is 35.5. The lowest BCUT2D eigenvalue weighted by atomic mass is 10.1. The van der Waals surface area contributed by atoms with Crippen molar-refractivity contribution in [2.24, 2.45) is 0 Å². The molecule has 2 N–H and O–H groups in total. The lowest BCUT2D eigenvalue weighted by molar-refractivity contribution is 0.174. The topological polar surface area (TPSA) is 56.0 Å². The maximum absolute atomic E-state index is 10.1. The van der Waals surface area contributed by atoms with Gasteiger partial charge in [0.05, 0.1) is 17.7 Å². The van der Waals surface area contributed by atoms with E-state index in [0.717, 1.165) is 5.56 Å². The summed E-state index contributed by atoms with van der Waals surface area (Å²) in [5.74, 6) is 0. The van der Waals surface area contributed by atoms with Crippen LogP contribution in [-0.2, 0) is 6.54 Å². The van der Waals surface area contributed by atoms with E-state index < -0.39 is 6.10 Å². The molecule has 5 heteroatoms. The largest absolute Gasteiger partial charge is 0.387 e. The first-order chi connectivity index (χ1) is 10.1. The number of benzene rings is 2. The second kappa shape index (κ2) is 7.44. The number of nitriles is 1. The van der Waals surface area contributed by atoms with Crippen LogP contribution in [0.3, 0.4) is 0 Å². The van der Waals surface area contributed by atoms with Crippen LogP contribution in [0.2, 0.25) is 10.0 Å². The van der Waals surface area contributed by atoms with Crippen LogP contribution in [0.5, 0.6) is 0 Å².